The molecule has 1 fully saturated rings. The number of likely N-dealkylation sites (tertiary alicyclic amines) is 1. The van der Waals surface area contributed by atoms with Crippen molar-refractivity contribution in [1.82, 2.24) is 4.90 Å². The number of rotatable bonds is 3. The fourth-order valence-electron chi connectivity index (χ4n) is 1.47. The monoisotopic (exact) mass is 255 g/mol. The normalized spacial score (nSPS) is 25.5. The Kier molecular flexibility index (Phi) is 3.74. The maximum atomic E-state index is 12.9. The van der Waals surface area contributed by atoms with Crippen LogP contribution in [0.5, 0.6) is 0 Å². The first-order chi connectivity index (χ1) is 7.71. The van der Waals surface area contributed by atoms with Gasteiger partial charge in [-0.1, -0.05) is 0 Å². The van der Waals surface area contributed by atoms with E-state index in [2.05, 4.69) is 0 Å². The summed E-state index contributed by atoms with van der Waals surface area (Å²) < 4.78 is 48.4. The second-order valence-electron chi connectivity index (χ2n) is 3.56. The summed E-state index contributed by atoms with van der Waals surface area (Å²) >= 11 is 0. The van der Waals surface area contributed by atoms with Crippen molar-refractivity contribution in [2.24, 2.45) is 0 Å². The minimum atomic E-state index is -5.01. The van der Waals surface area contributed by atoms with Gasteiger partial charge in [0.05, 0.1) is 0 Å². The number of hydrogen-bond donors (Lipinski definition) is 1. The van der Waals surface area contributed by atoms with Gasteiger partial charge in [-0.05, 0) is 0 Å². The third kappa shape index (κ3) is 3.43. The molecule has 0 spiro atoms. The average molecular weight is 255 g/mol. The van der Waals surface area contributed by atoms with Gasteiger partial charge in [0.15, 0.2) is 0 Å². The lowest BCUT2D eigenvalue weighted by Crippen LogP contribution is -2.32. The lowest BCUT2D eigenvalue weighted by molar-refractivity contribution is -0.165. The van der Waals surface area contributed by atoms with Crippen LogP contribution in [-0.4, -0.2) is 46.7 Å². The van der Waals surface area contributed by atoms with Crippen molar-refractivity contribution in [1.29, 1.82) is 0 Å². The Labute approximate surface area is 93.5 Å². The van der Waals surface area contributed by atoms with Gasteiger partial charge in [-0.15, -0.1) is 0 Å². The standard InChI is InChI=1S/C9H9F4NO3/c10-5-3-6(8(16)17)14(4-5)2-1-7(15)9(11,12)13/h1-2,5-6H,3-4H2,(H,16,17)/b2-1+/t5-,6+/m1/s1. The number of carboxylic acids is 1. The van der Waals surface area contributed by atoms with Crippen molar-refractivity contribution in [2.75, 3.05) is 6.54 Å². The zero-order valence-corrected chi connectivity index (χ0v) is 8.45. The lowest BCUT2D eigenvalue weighted by atomic mass is 10.2. The van der Waals surface area contributed by atoms with Crippen molar-refractivity contribution >= 4 is 11.8 Å². The minimum absolute atomic E-state index is 0.202. The highest BCUT2D eigenvalue weighted by molar-refractivity contribution is 5.94. The highest BCUT2D eigenvalue weighted by Gasteiger charge is 2.38. The Morgan fingerprint density at radius 2 is 1.94 bits per heavy atom. The van der Waals surface area contributed by atoms with E-state index in [9.17, 15) is 27.2 Å². The second kappa shape index (κ2) is 4.72. The molecule has 17 heavy (non-hydrogen) atoms. The number of halogens is 4. The van der Waals surface area contributed by atoms with E-state index in [1.807, 2.05) is 0 Å². The summed E-state index contributed by atoms with van der Waals surface area (Å²) in [6, 6.07) is -1.23. The van der Waals surface area contributed by atoms with E-state index >= 15 is 0 Å². The molecule has 0 unspecified atom stereocenters. The van der Waals surface area contributed by atoms with Gasteiger partial charge in [-0.25, -0.2) is 9.18 Å². The maximum Gasteiger partial charge on any atom is 0.454 e. The summed E-state index contributed by atoms with van der Waals surface area (Å²) in [5.74, 6) is -3.45. The Bertz CT molecular complexity index is 353. The van der Waals surface area contributed by atoms with E-state index in [0.717, 1.165) is 4.90 Å². The number of nitrogens with zero attached hydrogens (tertiary/aromatic N) is 1. The van der Waals surface area contributed by atoms with E-state index in [4.69, 9.17) is 5.11 Å². The predicted molar refractivity (Wildman–Crippen MR) is 47.8 cm³/mol. The zero-order valence-electron chi connectivity index (χ0n) is 8.45. The zero-order chi connectivity index (χ0) is 13.2. The van der Waals surface area contributed by atoms with Gasteiger partial charge in [0.1, 0.15) is 12.2 Å². The van der Waals surface area contributed by atoms with Gasteiger partial charge < -0.3 is 10.0 Å². The molecule has 0 aromatic rings. The molecule has 8 heteroatoms. The van der Waals surface area contributed by atoms with Gasteiger partial charge in [0.25, 0.3) is 5.78 Å². The van der Waals surface area contributed by atoms with Crippen LogP contribution in [0, 0.1) is 0 Å². The highest BCUT2D eigenvalue weighted by atomic mass is 19.4. The van der Waals surface area contributed by atoms with Gasteiger partial charge in [0.2, 0.25) is 0 Å². The molecule has 4 nitrogen and oxygen atoms in total. The van der Waals surface area contributed by atoms with Crippen LogP contribution in [0.15, 0.2) is 12.3 Å². The number of carboxylic acid groups (broad SMARTS) is 1. The van der Waals surface area contributed by atoms with Gasteiger partial charge in [0, 0.05) is 25.2 Å². The van der Waals surface area contributed by atoms with Gasteiger partial charge >= 0.3 is 12.1 Å². The Morgan fingerprint density at radius 1 is 1.35 bits per heavy atom. The first-order valence-corrected chi connectivity index (χ1v) is 4.64. The largest absolute Gasteiger partial charge is 0.480 e. The van der Waals surface area contributed by atoms with E-state index in [1.165, 1.54) is 0 Å². The molecule has 0 radical (unpaired) electrons. The molecule has 96 valence electrons. The number of carbonyl (C=O) groups excluding carboxylic acids is 1. The third-order valence-electron chi connectivity index (χ3n) is 2.27. The van der Waals surface area contributed by atoms with Crippen molar-refractivity contribution < 1.29 is 32.3 Å². The number of hydrogen-bond acceptors (Lipinski definition) is 3. The Hall–Kier alpha value is -1.60. The summed E-state index contributed by atoms with van der Waals surface area (Å²) in [6.07, 6.45) is -5.87. The fraction of sp³-hybridized carbons (Fsp3) is 0.556. The number of aliphatic carboxylic acids is 1. The topological polar surface area (TPSA) is 57.6 Å². The molecule has 0 aliphatic carbocycles. The molecule has 1 saturated heterocycles. The third-order valence-corrected chi connectivity index (χ3v) is 2.27. The predicted octanol–water partition coefficient (Wildman–Crippen LogP) is 1.13. The second-order valence-corrected chi connectivity index (χ2v) is 3.56. The van der Waals surface area contributed by atoms with Gasteiger partial charge in [-0.2, -0.15) is 13.2 Å². The SMILES string of the molecule is O=C(O)[C@@H]1C[C@@H](F)CN1/C=C/C(=O)C(F)(F)F. The molecular weight excluding hydrogens is 246 g/mol. The van der Waals surface area contributed by atoms with E-state index in [0.29, 0.717) is 6.20 Å². The molecule has 0 aromatic carbocycles. The van der Waals surface area contributed by atoms with Crippen LogP contribution in [0.25, 0.3) is 0 Å². The molecule has 1 aliphatic heterocycles. The Morgan fingerprint density at radius 3 is 2.41 bits per heavy atom. The Balaban J connectivity index is 2.71. The van der Waals surface area contributed by atoms with Gasteiger partial charge in [-0.3, -0.25) is 4.79 Å². The summed E-state index contributed by atoms with van der Waals surface area (Å²) in [6.45, 7) is -0.335. The number of allylic oxidation sites excluding steroid dienone is 1. The molecule has 0 saturated carbocycles. The van der Waals surface area contributed by atoms with Crippen LogP contribution in [-0.2, 0) is 9.59 Å². The highest BCUT2D eigenvalue weighted by Crippen LogP contribution is 2.22. The molecule has 1 rings (SSSR count). The summed E-state index contributed by atoms with van der Waals surface area (Å²) in [5.41, 5.74) is 0. The van der Waals surface area contributed by atoms with Crippen molar-refractivity contribution in [2.45, 2.75) is 24.8 Å². The number of carbonyl (C=O) groups is 2. The molecule has 0 amide bonds. The van der Waals surface area contributed by atoms with Crippen LogP contribution >= 0.6 is 0 Å². The van der Waals surface area contributed by atoms with Crippen molar-refractivity contribution in [3.63, 3.8) is 0 Å². The fourth-order valence-corrected chi connectivity index (χ4v) is 1.47. The molecule has 1 heterocycles. The molecule has 1 N–H and O–H groups in total. The van der Waals surface area contributed by atoms with Crippen LogP contribution in [0.1, 0.15) is 6.42 Å². The maximum absolute atomic E-state index is 12.9. The summed E-state index contributed by atoms with van der Waals surface area (Å²) in [4.78, 5) is 22.0. The van der Waals surface area contributed by atoms with E-state index < -0.39 is 30.1 Å². The quantitative estimate of drug-likeness (QED) is 0.606. The van der Waals surface area contributed by atoms with Crippen molar-refractivity contribution in [3.8, 4) is 0 Å². The summed E-state index contributed by atoms with van der Waals surface area (Å²) in [7, 11) is 0. The smallest absolute Gasteiger partial charge is 0.454 e. The van der Waals surface area contributed by atoms with E-state index in [-0.39, 0.29) is 19.0 Å². The van der Waals surface area contributed by atoms with Crippen LogP contribution in [0.4, 0.5) is 17.6 Å². The minimum Gasteiger partial charge on any atom is -0.480 e. The molecule has 1 aliphatic rings. The first-order valence-electron chi connectivity index (χ1n) is 4.64. The van der Waals surface area contributed by atoms with Crippen LogP contribution < -0.4 is 0 Å². The molecule has 0 aromatic heterocycles. The number of ketones is 1. The molecule has 0 bridgehead atoms. The van der Waals surface area contributed by atoms with Crippen molar-refractivity contribution in [3.05, 3.63) is 12.3 Å². The number of alkyl halides is 4. The lowest BCUT2D eigenvalue weighted by Gasteiger charge is -2.17. The first kappa shape index (κ1) is 13.5. The molecular formula is C9H9F4NO3. The van der Waals surface area contributed by atoms with Crippen LogP contribution in [0.3, 0.4) is 0 Å². The molecule has 2 atom stereocenters. The average Bonchev–Trinajstić information content (AvgIpc) is 2.54. The van der Waals surface area contributed by atoms with E-state index in [1.54, 1.807) is 0 Å². The summed E-state index contributed by atoms with van der Waals surface area (Å²) in [5, 5.41) is 8.68. The van der Waals surface area contributed by atoms with Crippen LogP contribution in [0.2, 0.25) is 0 Å².